The monoisotopic (exact) mass is 496 g/mol. The highest BCUT2D eigenvalue weighted by molar-refractivity contribution is 8.04. The van der Waals surface area contributed by atoms with Crippen LogP contribution in [0.2, 0.25) is 5.02 Å². The first-order valence-electron chi connectivity index (χ1n) is 11.7. The van der Waals surface area contributed by atoms with Crippen LogP contribution in [-0.2, 0) is 16.1 Å². The standard InChI is InChI=1S/C26H29ClN4O2S/c1-16-4-2-6-19(12-16)21-15-34-23-22(21)29-26(30-25(23)33)31-10-8-18(9-11-31)24(32)28-14-17-5-3-7-20(27)13-17/h2-7,12-13,15,18,22-23,26,29H,8-11,14H2,1H3,(H,28,32)(H,30,33). The number of carbonyl (C=O) groups excluding carboxylic acids is 2. The van der Waals surface area contributed by atoms with Crippen LogP contribution in [0, 0.1) is 12.8 Å². The number of hydrogen-bond acceptors (Lipinski definition) is 5. The minimum absolute atomic E-state index is 0.0211. The van der Waals surface area contributed by atoms with Gasteiger partial charge in [0.1, 0.15) is 11.5 Å². The number of amides is 2. The Morgan fingerprint density at radius 2 is 1.97 bits per heavy atom. The fraction of sp³-hybridized carbons (Fsp3) is 0.385. The molecular formula is C26H29ClN4O2S. The van der Waals surface area contributed by atoms with Gasteiger partial charge in [-0.3, -0.25) is 19.8 Å². The number of benzene rings is 2. The molecule has 3 heterocycles. The Morgan fingerprint density at radius 3 is 2.74 bits per heavy atom. The van der Waals surface area contributed by atoms with E-state index in [1.54, 1.807) is 11.8 Å². The van der Waals surface area contributed by atoms with Crippen LogP contribution < -0.4 is 16.0 Å². The van der Waals surface area contributed by atoms with Crippen molar-refractivity contribution in [2.45, 2.75) is 43.9 Å². The number of rotatable bonds is 5. The zero-order valence-corrected chi connectivity index (χ0v) is 20.7. The van der Waals surface area contributed by atoms with Gasteiger partial charge in [0.15, 0.2) is 0 Å². The van der Waals surface area contributed by atoms with E-state index in [-0.39, 0.29) is 35.3 Å². The number of nitrogens with zero attached hydrogens (tertiary/aromatic N) is 1. The maximum atomic E-state index is 12.9. The molecule has 6 nitrogen and oxygen atoms in total. The highest BCUT2D eigenvalue weighted by Gasteiger charge is 2.44. The van der Waals surface area contributed by atoms with Crippen molar-refractivity contribution in [3.8, 4) is 0 Å². The van der Waals surface area contributed by atoms with Crippen molar-refractivity contribution in [1.29, 1.82) is 0 Å². The SMILES string of the molecule is Cc1cccc(C2=CSC3C(=O)NC(N4CCC(C(=O)NCc5cccc(Cl)c5)CC4)NC23)c1. The summed E-state index contributed by atoms with van der Waals surface area (Å²) in [5, 5.41) is 12.5. The van der Waals surface area contributed by atoms with Gasteiger partial charge in [0.2, 0.25) is 11.8 Å². The first-order valence-corrected chi connectivity index (χ1v) is 13.1. The molecular weight excluding hydrogens is 468 g/mol. The second-order valence-corrected chi connectivity index (χ2v) is 10.7. The molecule has 2 aromatic carbocycles. The van der Waals surface area contributed by atoms with Gasteiger partial charge in [0.25, 0.3) is 0 Å². The van der Waals surface area contributed by atoms with E-state index in [1.165, 1.54) is 11.1 Å². The molecule has 0 spiro atoms. The third-order valence-corrected chi connectivity index (χ3v) is 8.23. The fourth-order valence-corrected chi connectivity index (χ4v) is 6.31. The minimum atomic E-state index is -0.226. The summed E-state index contributed by atoms with van der Waals surface area (Å²) in [4.78, 5) is 27.8. The molecule has 3 unspecified atom stereocenters. The van der Waals surface area contributed by atoms with Gasteiger partial charge in [-0.2, -0.15) is 0 Å². The van der Waals surface area contributed by atoms with Crippen LogP contribution in [0.3, 0.4) is 0 Å². The Kier molecular flexibility index (Phi) is 6.97. The van der Waals surface area contributed by atoms with Crippen LogP contribution in [0.1, 0.15) is 29.5 Å². The van der Waals surface area contributed by atoms with Gasteiger partial charge in [-0.1, -0.05) is 53.6 Å². The van der Waals surface area contributed by atoms with E-state index in [0.717, 1.165) is 37.1 Å². The Balaban J connectivity index is 1.17. The first-order chi connectivity index (χ1) is 16.5. The topological polar surface area (TPSA) is 73.5 Å². The number of aryl methyl sites for hydroxylation is 1. The van der Waals surface area contributed by atoms with Crippen LogP contribution in [0.15, 0.2) is 53.9 Å². The third-order valence-electron chi connectivity index (χ3n) is 6.83. The molecule has 5 rings (SSSR count). The van der Waals surface area contributed by atoms with E-state index >= 15 is 0 Å². The zero-order chi connectivity index (χ0) is 23.7. The number of piperidine rings is 1. The Morgan fingerprint density at radius 1 is 1.18 bits per heavy atom. The van der Waals surface area contributed by atoms with E-state index in [4.69, 9.17) is 11.6 Å². The number of likely N-dealkylation sites (tertiary alicyclic amines) is 1. The molecule has 2 amide bonds. The summed E-state index contributed by atoms with van der Waals surface area (Å²) in [7, 11) is 0. The molecule has 3 N–H and O–H groups in total. The van der Waals surface area contributed by atoms with Crippen LogP contribution >= 0.6 is 23.4 Å². The van der Waals surface area contributed by atoms with Crippen molar-refractivity contribution in [2.75, 3.05) is 13.1 Å². The summed E-state index contributed by atoms with van der Waals surface area (Å²) in [6.45, 7) is 4.07. The maximum absolute atomic E-state index is 12.9. The number of halogens is 1. The molecule has 2 saturated heterocycles. The van der Waals surface area contributed by atoms with Gasteiger partial charge in [-0.05, 0) is 54.0 Å². The fourth-order valence-electron chi connectivity index (χ4n) is 4.95. The molecule has 3 aliphatic rings. The third kappa shape index (κ3) is 5.03. The second-order valence-electron chi connectivity index (χ2n) is 9.21. The summed E-state index contributed by atoms with van der Waals surface area (Å²) >= 11 is 7.62. The Labute approximate surface area is 209 Å². The molecule has 34 heavy (non-hydrogen) atoms. The number of nitrogens with one attached hydrogen (secondary N) is 3. The molecule has 3 aliphatic heterocycles. The molecule has 178 valence electrons. The van der Waals surface area contributed by atoms with Gasteiger partial charge in [-0.15, -0.1) is 11.8 Å². The summed E-state index contributed by atoms with van der Waals surface area (Å²) < 4.78 is 0. The lowest BCUT2D eigenvalue weighted by molar-refractivity contribution is -0.129. The summed E-state index contributed by atoms with van der Waals surface area (Å²) in [5.74, 6) is 0.128. The molecule has 0 aromatic heterocycles. The lowest BCUT2D eigenvalue weighted by Gasteiger charge is -2.43. The quantitative estimate of drug-likeness (QED) is 0.591. The smallest absolute Gasteiger partial charge is 0.237 e. The molecule has 2 aromatic rings. The van der Waals surface area contributed by atoms with Crippen molar-refractivity contribution in [3.05, 3.63) is 75.7 Å². The van der Waals surface area contributed by atoms with E-state index in [1.807, 2.05) is 24.3 Å². The van der Waals surface area contributed by atoms with Crippen LogP contribution in [0.4, 0.5) is 0 Å². The molecule has 0 saturated carbocycles. The van der Waals surface area contributed by atoms with Crippen molar-refractivity contribution in [2.24, 2.45) is 5.92 Å². The second kappa shape index (κ2) is 10.1. The number of fused-ring (bicyclic) bond motifs is 1. The van der Waals surface area contributed by atoms with Crippen LogP contribution in [-0.4, -0.2) is 47.4 Å². The predicted octanol–water partition coefficient (Wildman–Crippen LogP) is 3.50. The van der Waals surface area contributed by atoms with Crippen LogP contribution in [0.25, 0.3) is 5.57 Å². The Bertz CT molecular complexity index is 1120. The Hall–Kier alpha value is -2.32. The molecule has 0 radical (unpaired) electrons. The van der Waals surface area contributed by atoms with E-state index < -0.39 is 0 Å². The first kappa shape index (κ1) is 23.4. The summed E-state index contributed by atoms with van der Waals surface area (Å²) in [6, 6.07) is 16.0. The average Bonchev–Trinajstić information content (AvgIpc) is 3.27. The van der Waals surface area contributed by atoms with Gasteiger partial charge < -0.3 is 10.6 Å². The average molecular weight is 497 g/mol. The molecule has 8 heteroatoms. The zero-order valence-electron chi connectivity index (χ0n) is 19.1. The largest absolute Gasteiger partial charge is 0.352 e. The summed E-state index contributed by atoms with van der Waals surface area (Å²) in [5.41, 5.74) is 4.54. The molecule has 0 aliphatic carbocycles. The van der Waals surface area contributed by atoms with Gasteiger partial charge in [0.05, 0.1) is 6.04 Å². The normalized spacial score (nSPS) is 25.4. The van der Waals surface area contributed by atoms with Crippen molar-refractivity contribution in [3.63, 3.8) is 0 Å². The van der Waals surface area contributed by atoms with Crippen LogP contribution in [0.5, 0.6) is 0 Å². The van der Waals surface area contributed by atoms with Crippen molar-refractivity contribution >= 4 is 40.8 Å². The van der Waals surface area contributed by atoms with E-state index in [2.05, 4.69) is 57.4 Å². The number of hydrogen-bond donors (Lipinski definition) is 3. The van der Waals surface area contributed by atoms with Gasteiger partial charge in [-0.25, -0.2) is 0 Å². The summed E-state index contributed by atoms with van der Waals surface area (Å²) in [6.07, 6.45) is 1.30. The molecule has 0 bridgehead atoms. The maximum Gasteiger partial charge on any atom is 0.237 e. The lowest BCUT2D eigenvalue weighted by Crippen LogP contribution is -2.68. The van der Waals surface area contributed by atoms with Crippen molar-refractivity contribution < 1.29 is 9.59 Å². The number of carbonyl (C=O) groups is 2. The van der Waals surface area contributed by atoms with E-state index in [0.29, 0.717) is 11.6 Å². The minimum Gasteiger partial charge on any atom is -0.352 e. The highest BCUT2D eigenvalue weighted by atomic mass is 35.5. The molecule has 2 fully saturated rings. The van der Waals surface area contributed by atoms with Crippen molar-refractivity contribution in [1.82, 2.24) is 20.9 Å². The molecule has 3 atom stereocenters. The van der Waals surface area contributed by atoms with Gasteiger partial charge in [0, 0.05) is 30.6 Å². The predicted molar refractivity (Wildman–Crippen MR) is 137 cm³/mol. The van der Waals surface area contributed by atoms with Gasteiger partial charge >= 0.3 is 0 Å². The lowest BCUT2D eigenvalue weighted by atomic mass is 9.94. The number of thioether (sulfide) groups is 1. The van der Waals surface area contributed by atoms with E-state index in [9.17, 15) is 9.59 Å². The highest BCUT2D eigenvalue weighted by Crippen LogP contribution is 2.39.